The molecule has 2 N–H and O–H groups in total. The molecule has 0 saturated carbocycles. The molecule has 2 unspecified atom stereocenters. The Hall–Kier alpha value is -0.910. The highest BCUT2D eigenvalue weighted by atomic mass is 32.1. The zero-order chi connectivity index (χ0) is 12.3. The Morgan fingerprint density at radius 3 is 3.24 bits per heavy atom. The number of rotatable bonds is 3. The lowest BCUT2D eigenvalue weighted by Crippen LogP contribution is -2.43. The normalized spacial score (nSPS) is 22.5. The Kier molecular flexibility index (Phi) is 4.15. The molecule has 2 atom stereocenters. The molecule has 1 aromatic heterocycles. The predicted octanol–water partition coefficient (Wildman–Crippen LogP) is 1.39. The highest BCUT2D eigenvalue weighted by Gasteiger charge is 2.25. The summed E-state index contributed by atoms with van der Waals surface area (Å²) in [5.74, 6) is 0.128. The van der Waals surface area contributed by atoms with Gasteiger partial charge in [-0.05, 0) is 29.3 Å². The van der Waals surface area contributed by atoms with E-state index in [0.717, 1.165) is 5.56 Å². The fourth-order valence-electron chi connectivity index (χ4n) is 1.94. The van der Waals surface area contributed by atoms with Gasteiger partial charge in [-0.2, -0.15) is 11.3 Å². The van der Waals surface area contributed by atoms with Crippen LogP contribution in [0.1, 0.15) is 25.0 Å². The highest BCUT2D eigenvalue weighted by Crippen LogP contribution is 2.24. The summed E-state index contributed by atoms with van der Waals surface area (Å²) in [4.78, 5) is 13.8. The molecule has 0 aliphatic carbocycles. The Balaban J connectivity index is 1.95. The standard InChI is InChI=1S/C12H18N2O2S/c1-9(13)6-12(15)14-3-4-16-11(7-14)10-2-5-17-8-10/h2,5,8-9,11H,3-4,6-7,13H2,1H3. The summed E-state index contributed by atoms with van der Waals surface area (Å²) in [7, 11) is 0. The first-order chi connectivity index (χ1) is 8.16. The van der Waals surface area contributed by atoms with Crippen molar-refractivity contribution in [1.82, 2.24) is 4.90 Å². The maximum atomic E-state index is 11.9. The van der Waals surface area contributed by atoms with Crippen molar-refractivity contribution in [2.45, 2.75) is 25.5 Å². The summed E-state index contributed by atoms with van der Waals surface area (Å²) in [6.45, 7) is 3.77. The second kappa shape index (κ2) is 5.62. The molecule has 0 bridgehead atoms. The van der Waals surface area contributed by atoms with Gasteiger partial charge in [0.15, 0.2) is 0 Å². The third-order valence-corrected chi connectivity index (χ3v) is 3.53. The molecular formula is C12H18N2O2S. The van der Waals surface area contributed by atoms with Crippen LogP contribution in [0.25, 0.3) is 0 Å². The van der Waals surface area contributed by atoms with Crippen molar-refractivity contribution in [2.75, 3.05) is 19.7 Å². The van der Waals surface area contributed by atoms with E-state index in [4.69, 9.17) is 10.5 Å². The highest BCUT2D eigenvalue weighted by molar-refractivity contribution is 7.07. The monoisotopic (exact) mass is 254 g/mol. The lowest BCUT2D eigenvalue weighted by atomic mass is 10.1. The van der Waals surface area contributed by atoms with E-state index in [-0.39, 0.29) is 18.1 Å². The van der Waals surface area contributed by atoms with Crippen molar-refractivity contribution in [3.05, 3.63) is 22.4 Å². The number of amides is 1. The van der Waals surface area contributed by atoms with Gasteiger partial charge < -0.3 is 15.4 Å². The molecule has 94 valence electrons. The van der Waals surface area contributed by atoms with Gasteiger partial charge in [0.05, 0.1) is 13.2 Å². The number of carbonyl (C=O) groups excluding carboxylic acids is 1. The van der Waals surface area contributed by atoms with Crippen LogP contribution in [0.5, 0.6) is 0 Å². The van der Waals surface area contributed by atoms with Crippen molar-refractivity contribution < 1.29 is 9.53 Å². The largest absolute Gasteiger partial charge is 0.370 e. The number of morpholine rings is 1. The van der Waals surface area contributed by atoms with Crippen LogP contribution in [-0.2, 0) is 9.53 Å². The smallest absolute Gasteiger partial charge is 0.224 e. The summed E-state index contributed by atoms with van der Waals surface area (Å²) in [5, 5.41) is 4.10. The first-order valence-corrected chi connectivity index (χ1v) is 6.78. The molecule has 0 spiro atoms. The summed E-state index contributed by atoms with van der Waals surface area (Å²) in [6.07, 6.45) is 0.433. The number of nitrogens with two attached hydrogens (primary N) is 1. The SMILES string of the molecule is CC(N)CC(=O)N1CCOC(c2ccsc2)C1. The van der Waals surface area contributed by atoms with Gasteiger partial charge in [-0.25, -0.2) is 0 Å². The molecule has 0 radical (unpaired) electrons. The molecule has 2 heterocycles. The fourth-order valence-corrected chi connectivity index (χ4v) is 2.64. The van der Waals surface area contributed by atoms with Gasteiger partial charge in [0.2, 0.25) is 5.91 Å². The van der Waals surface area contributed by atoms with Gasteiger partial charge in [-0.15, -0.1) is 0 Å². The van der Waals surface area contributed by atoms with Crippen LogP contribution in [0.4, 0.5) is 0 Å². The topological polar surface area (TPSA) is 55.6 Å². The minimum atomic E-state index is -0.0788. The average Bonchev–Trinajstić information content (AvgIpc) is 2.82. The van der Waals surface area contributed by atoms with Gasteiger partial charge in [-0.1, -0.05) is 0 Å². The van der Waals surface area contributed by atoms with E-state index in [9.17, 15) is 4.79 Å². The number of nitrogens with zero attached hydrogens (tertiary/aromatic N) is 1. The van der Waals surface area contributed by atoms with Crippen molar-refractivity contribution >= 4 is 17.2 Å². The van der Waals surface area contributed by atoms with Crippen LogP contribution in [0.15, 0.2) is 16.8 Å². The minimum absolute atomic E-state index is 0.0204. The molecule has 0 aromatic carbocycles. The molecule has 4 nitrogen and oxygen atoms in total. The van der Waals surface area contributed by atoms with Gasteiger partial charge in [0, 0.05) is 19.0 Å². The summed E-state index contributed by atoms with van der Waals surface area (Å²) < 4.78 is 5.69. The van der Waals surface area contributed by atoms with Gasteiger partial charge in [-0.3, -0.25) is 4.79 Å². The Morgan fingerprint density at radius 1 is 1.76 bits per heavy atom. The van der Waals surface area contributed by atoms with Crippen LogP contribution in [-0.4, -0.2) is 36.5 Å². The Bertz CT molecular complexity index is 365. The zero-order valence-electron chi connectivity index (χ0n) is 9.96. The molecule has 1 fully saturated rings. The Morgan fingerprint density at radius 2 is 2.59 bits per heavy atom. The van der Waals surface area contributed by atoms with E-state index < -0.39 is 0 Å². The summed E-state index contributed by atoms with van der Waals surface area (Å²) in [5.41, 5.74) is 6.81. The quantitative estimate of drug-likeness (QED) is 0.886. The number of hydrogen-bond acceptors (Lipinski definition) is 4. The maximum absolute atomic E-state index is 11.9. The van der Waals surface area contributed by atoms with E-state index in [0.29, 0.717) is 26.1 Å². The van der Waals surface area contributed by atoms with Crippen molar-refractivity contribution in [3.8, 4) is 0 Å². The molecule has 1 amide bonds. The first kappa shape index (κ1) is 12.5. The van der Waals surface area contributed by atoms with E-state index >= 15 is 0 Å². The zero-order valence-corrected chi connectivity index (χ0v) is 10.8. The second-order valence-corrected chi connectivity index (χ2v) is 5.22. The van der Waals surface area contributed by atoms with Crippen molar-refractivity contribution in [2.24, 2.45) is 5.73 Å². The molecule has 1 aromatic rings. The van der Waals surface area contributed by atoms with Crippen LogP contribution in [0.2, 0.25) is 0 Å². The van der Waals surface area contributed by atoms with Crippen LogP contribution < -0.4 is 5.73 Å². The number of thiophene rings is 1. The lowest BCUT2D eigenvalue weighted by molar-refractivity contribution is -0.139. The third-order valence-electron chi connectivity index (χ3n) is 2.83. The molecule has 1 saturated heterocycles. The van der Waals surface area contributed by atoms with E-state index in [1.54, 1.807) is 11.3 Å². The number of carbonyl (C=O) groups is 1. The van der Waals surface area contributed by atoms with Gasteiger partial charge in [0.25, 0.3) is 0 Å². The second-order valence-electron chi connectivity index (χ2n) is 4.44. The molecule has 2 rings (SSSR count). The van der Waals surface area contributed by atoms with Crippen molar-refractivity contribution in [1.29, 1.82) is 0 Å². The molecule has 1 aliphatic rings. The number of ether oxygens (including phenoxy) is 1. The molecule has 1 aliphatic heterocycles. The molecule has 5 heteroatoms. The maximum Gasteiger partial charge on any atom is 0.224 e. The molecular weight excluding hydrogens is 236 g/mol. The van der Waals surface area contributed by atoms with E-state index in [2.05, 4.69) is 11.4 Å². The summed E-state index contributed by atoms with van der Waals surface area (Å²) >= 11 is 1.65. The number of hydrogen-bond donors (Lipinski definition) is 1. The van der Waals surface area contributed by atoms with Crippen LogP contribution in [0, 0.1) is 0 Å². The lowest BCUT2D eigenvalue weighted by Gasteiger charge is -2.33. The summed E-state index contributed by atoms with van der Waals surface area (Å²) in [6, 6.07) is 1.97. The van der Waals surface area contributed by atoms with Crippen molar-refractivity contribution in [3.63, 3.8) is 0 Å². The van der Waals surface area contributed by atoms with E-state index in [1.807, 2.05) is 17.2 Å². The Labute approximate surface area is 105 Å². The van der Waals surface area contributed by atoms with Crippen LogP contribution >= 0.6 is 11.3 Å². The fraction of sp³-hybridized carbons (Fsp3) is 0.583. The third kappa shape index (κ3) is 3.28. The molecule has 17 heavy (non-hydrogen) atoms. The minimum Gasteiger partial charge on any atom is -0.370 e. The predicted molar refractivity (Wildman–Crippen MR) is 67.9 cm³/mol. The average molecular weight is 254 g/mol. The van der Waals surface area contributed by atoms with Crippen LogP contribution in [0.3, 0.4) is 0 Å². The van der Waals surface area contributed by atoms with E-state index in [1.165, 1.54) is 0 Å². The van der Waals surface area contributed by atoms with Gasteiger partial charge in [0.1, 0.15) is 6.10 Å². The van der Waals surface area contributed by atoms with Gasteiger partial charge >= 0.3 is 0 Å². The first-order valence-electron chi connectivity index (χ1n) is 5.84.